The first kappa shape index (κ1) is 19.2. The highest BCUT2D eigenvalue weighted by Crippen LogP contribution is 2.38. The monoisotopic (exact) mass is 405 g/mol. The molecule has 4 nitrogen and oxygen atoms in total. The molecule has 2 aromatic carbocycles. The quantitative estimate of drug-likeness (QED) is 0.615. The number of hydrogen-bond donors (Lipinski definition) is 0. The fraction of sp³-hybridized carbons (Fsp3) is 0.400. The van der Waals surface area contributed by atoms with E-state index in [-0.39, 0.29) is 5.82 Å². The van der Waals surface area contributed by atoms with Gasteiger partial charge >= 0.3 is 0 Å². The molecule has 5 rings (SSSR count). The Hall–Kier alpha value is -2.82. The number of rotatable bonds is 3. The Morgan fingerprint density at radius 1 is 0.900 bits per heavy atom. The lowest BCUT2D eigenvalue weighted by Crippen LogP contribution is -2.32. The third-order valence-electron chi connectivity index (χ3n) is 6.44. The summed E-state index contributed by atoms with van der Waals surface area (Å²) in [6.07, 6.45) is 5.56. The van der Waals surface area contributed by atoms with Gasteiger partial charge in [0.15, 0.2) is 0 Å². The molecular weight excluding hydrogens is 377 g/mol. The molecular formula is C25H28FN3O. The predicted molar refractivity (Wildman–Crippen MR) is 120 cm³/mol. The van der Waals surface area contributed by atoms with E-state index in [1.807, 2.05) is 18.2 Å². The van der Waals surface area contributed by atoms with Gasteiger partial charge in [-0.3, -0.25) is 4.98 Å². The fourth-order valence-corrected chi connectivity index (χ4v) is 4.96. The van der Waals surface area contributed by atoms with Crippen LogP contribution in [0.1, 0.15) is 30.5 Å². The van der Waals surface area contributed by atoms with Crippen molar-refractivity contribution in [1.29, 1.82) is 0 Å². The number of ether oxygens (including phenoxy) is 1. The number of aromatic nitrogens is 1. The van der Waals surface area contributed by atoms with Gasteiger partial charge in [-0.2, -0.15) is 0 Å². The Morgan fingerprint density at radius 3 is 2.57 bits per heavy atom. The molecule has 0 amide bonds. The maximum absolute atomic E-state index is 14.4. The van der Waals surface area contributed by atoms with Crippen molar-refractivity contribution in [1.82, 2.24) is 4.98 Å². The number of fused-ring (bicyclic) bond motifs is 2. The van der Waals surface area contributed by atoms with Crippen molar-refractivity contribution in [2.45, 2.75) is 32.1 Å². The Balaban J connectivity index is 1.54. The molecule has 1 aliphatic heterocycles. The average molecular weight is 406 g/mol. The Morgan fingerprint density at radius 2 is 1.70 bits per heavy atom. The first-order valence-electron chi connectivity index (χ1n) is 11.0. The lowest BCUT2D eigenvalue weighted by molar-refractivity contribution is 0.415. The van der Waals surface area contributed by atoms with Gasteiger partial charge in [0.1, 0.15) is 11.6 Å². The minimum atomic E-state index is -0.137. The van der Waals surface area contributed by atoms with Gasteiger partial charge in [0.25, 0.3) is 0 Å². The van der Waals surface area contributed by atoms with E-state index < -0.39 is 0 Å². The molecule has 0 N–H and O–H groups in total. The van der Waals surface area contributed by atoms with E-state index in [1.165, 1.54) is 35.2 Å². The average Bonchev–Trinajstić information content (AvgIpc) is 3.03. The Kier molecular flexibility index (Phi) is 5.19. The molecule has 5 heteroatoms. The third kappa shape index (κ3) is 3.47. The van der Waals surface area contributed by atoms with Crippen LogP contribution in [-0.2, 0) is 12.8 Å². The molecule has 1 fully saturated rings. The van der Waals surface area contributed by atoms with Gasteiger partial charge in [-0.05, 0) is 68.0 Å². The van der Waals surface area contributed by atoms with Crippen LogP contribution in [0.25, 0.3) is 10.9 Å². The summed E-state index contributed by atoms with van der Waals surface area (Å²) in [5.74, 6) is 0.728. The van der Waals surface area contributed by atoms with E-state index in [9.17, 15) is 4.39 Å². The Bertz CT molecular complexity index is 1070. The SMILES string of the molecule is COc1ccc2nc3c(c(N4CCCN(c5ccccc5F)CC4)c2c1)CCCC3. The number of anilines is 2. The predicted octanol–water partition coefficient (Wildman–Crippen LogP) is 4.98. The van der Waals surface area contributed by atoms with Crippen molar-refractivity contribution >= 4 is 22.3 Å². The van der Waals surface area contributed by atoms with Gasteiger partial charge < -0.3 is 14.5 Å². The molecule has 0 radical (unpaired) electrons. The molecule has 2 aliphatic rings. The number of para-hydroxylation sites is 1. The van der Waals surface area contributed by atoms with Gasteiger partial charge in [0.2, 0.25) is 0 Å². The zero-order chi connectivity index (χ0) is 20.5. The first-order chi connectivity index (χ1) is 14.7. The minimum Gasteiger partial charge on any atom is -0.497 e. The molecule has 1 aromatic heterocycles. The molecule has 1 aliphatic carbocycles. The summed E-state index contributed by atoms with van der Waals surface area (Å²) in [7, 11) is 1.71. The molecule has 2 heterocycles. The van der Waals surface area contributed by atoms with Gasteiger partial charge in [-0.25, -0.2) is 4.39 Å². The summed E-state index contributed by atoms with van der Waals surface area (Å²) in [6, 6.07) is 13.3. The van der Waals surface area contributed by atoms with E-state index in [2.05, 4.69) is 21.9 Å². The van der Waals surface area contributed by atoms with Crippen molar-refractivity contribution in [2.75, 3.05) is 43.1 Å². The maximum Gasteiger partial charge on any atom is 0.146 e. The third-order valence-corrected chi connectivity index (χ3v) is 6.44. The summed E-state index contributed by atoms with van der Waals surface area (Å²) in [4.78, 5) is 9.70. The van der Waals surface area contributed by atoms with Crippen LogP contribution in [0.2, 0.25) is 0 Å². The van der Waals surface area contributed by atoms with Crippen LogP contribution in [-0.4, -0.2) is 38.3 Å². The number of methoxy groups -OCH3 is 1. The van der Waals surface area contributed by atoms with E-state index in [0.29, 0.717) is 5.69 Å². The van der Waals surface area contributed by atoms with E-state index in [1.54, 1.807) is 19.2 Å². The van der Waals surface area contributed by atoms with E-state index >= 15 is 0 Å². The largest absolute Gasteiger partial charge is 0.497 e. The number of benzene rings is 2. The van der Waals surface area contributed by atoms with Crippen LogP contribution < -0.4 is 14.5 Å². The molecule has 0 spiro atoms. The van der Waals surface area contributed by atoms with Crippen LogP contribution in [0.4, 0.5) is 15.8 Å². The zero-order valence-corrected chi connectivity index (χ0v) is 17.5. The molecule has 0 unspecified atom stereocenters. The van der Waals surface area contributed by atoms with Crippen molar-refractivity contribution in [2.24, 2.45) is 0 Å². The van der Waals surface area contributed by atoms with Gasteiger partial charge in [0.05, 0.1) is 24.0 Å². The second-order valence-electron chi connectivity index (χ2n) is 8.25. The lowest BCUT2D eigenvalue weighted by atomic mass is 9.92. The zero-order valence-electron chi connectivity index (χ0n) is 17.5. The van der Waals surface area contributed by atoms with Crippen LogP contribution in [0, 0.1) is 5.82 Å². The molecule has 30 heavy (non-hydrogen) atoms. The second-order valence-corrected chi connectivity index (χ2v) is 8.25. The highest BCUT2D eigenvalue weighted by Gasteiger charge is 2.25. The minimum absolute atomic E-state index is 0.137. The van der Waals surface area contributed by atoms with Gasteiger partial charge in [-0.15, -0.1) is 0 Å². The number of pyridine rings is 1. The van der Waals surface area contributed by atoms with Crippen LogP contribution in [0.15, 0.2) is 42.5 Å². The van der Waals surface area contributed by atoms with Crippen LogP contribution in [0.5, 0.6) is 5.75 Å². The maximum atomic E-state index is 14.4. The summed E-state index contributed by atoms with van der Waals surface area (Å²) in [6.45, 7) is 3.51. The van der Waals surface area contributed by atoms with Crippen LogP contribution in [0.3, 0.4) is 0 Å². The van der Waals surface area contributed by atoms with Crippen molar-refractivity contribution in [3.8, 4) is 5.75 Å². The first-order valence-corrected chi connectivity index (χ1v) is 11.0. The van der Waals surface area contributed by atoms with Gasteiger partial charge in [0, 0.05) is 37.3 Å². The number of hydrogen-bond acceptors (Lipinski definition) is 4. The molecule has 0 saturated carbocycles. The highest BCUT2D eigenvalue weighted by molar-refractivity contribution is 5.95. The van der Waals surface area contributed by atoms with Gasteiger partial charge in [-0.1, -0.05) is 12.1 Å². The summed E-state index contributed by atoms with van der Waals surface area (Å²) in [5, 5.41) is 1.18. The van der Waals surface area contributed by atoms with Crippen molar-refractivity contribution < 1.29 is 9.13 Å². The fourth-order valence-electron chi connectivity index (χ4n) is 4.96. The standard InChI is InChI=1S/C25H28FN3O/c1-30-18-11-12-23-20(17-18)25(19-7-2-4-9-22(19)27-23)29-14-6-13-28(15-16-29)24-10-5-3-8-21(24)26/h3,5,8,10-12,17H,2,4,6-7,9,13-16H2,1H3. The lowest BCUT2D eigenvalue weighted by Gasteiger charge is -2.30. The van der Waals surface area contributed by atoms with E-state index in [4.69, 9.17) is 9.72 Å². The van der Waals surface area contributed by atoms with Crippen molar-refractivity contribution in [3.05, 3.63) is 59.5 Å². The summed E-state index contributed by atoms with van der Waals surface area (Å²) in [5.41, 5.74) is 5.73. The topological polar surface area (TPSA) is 28.6 Å². The van der Waals surface area contributed by atoms with Crippen LogP contribution >= 0.6 is 0 Å². The second kappa shape index (κ2) is 8.13. The molecule has 0 atom stereocenters. The summed E-state index contributed by atoms with van der Waals surface area (Å²) < 4.78 is 19.9. The number of nitrogens with zero attached hydrogens (tertiary/aromatic N) is 3. The smallest absolute Gasteiger partial charge is 0.146 e. The number of aryl methyl sites for hydroxylation is 1. The van der Waals surface area contributed by atoms with Crippen molar-refractivity contribution in [3.63, 3.8) is 0 Å². The number of halogens is 1. The Labute approximate surface area is 177 Å². The normalized spacial score (nSPS) is 17.0. The molecule has 1 saturated heterocycles. The molecule has 3 aromatic rings. The highest BCUT2D eigenvalue weighted by atomic mass is 19.1. The van der Waals surface area contributed by atoms with E-state index in [0.717, 1.165) is 56.7 Å². The summed E-state index contributed by atoms with van der Waals surface area (Å²) >= 11 is 0. The molecule has 0 bridgehead atoms. The molecule has 156 valence electrons.